The molecule has 0 saturated carbocycles. The van der Waals surface area contributed by atoms with Crippen LogP contribution >= 0.6 is 23.2 Å². The molecule has 0 radical (unpaired) electrons. The van der Waals surface area contributed by atoms with E-state index in [0.29, 0.717) is 21.3 Å². The second kappa shape index (κ2) is 14.3. The Balaban J connectivity index is 1.81. The van der Waals surface area contributed by atoms with Gasteiger partial charge in [0.25, 0.3) is 10.0 Å². The number of benzene rings is 4. The van der Waals surface area contributed by atoms with Gasteiger partial charge in [-0.3, -0.25) is 13.9 Å². The summed E-state index contributed by atoms with van der Waals surface area (Å²) in [6.07, 6.45) is 0.203. The largest absolute Gasteiger partial charge is 0.350 e. The van der Waals surface area contributed by atoms with Crippen LogP contribution < -0.4 is 9.62 Å². The summed E-state index contributed by atoms with van der Waals surface area (Å²) in [6, 6.07) is 29.6. The first-order chi connectivity index (χ1) is 20.8. The van der Waals surface area contributed by atoms with Crippen LogP contribution in [0.2, 0.25) is 10.0 Å². The van der Waals surface area contributed by atoms with Crippen LogP contribution in [0.25, 0.3) is 0 Å². The van der Waals surface area contributed by atoms with Gasteiger partial charge < -0.3 is 10.2 Å². The number of carbonyl (C=O) groups is 2. The maximum Gasteiger partial charge on any atom is 0.264 e. The number of hydrogen-bond donors (Lipinski definition) is 1. The van der Waals surface area contributed by atoms with Crippen molar-refractivity contribution in [3.63, 3.8) is 0 Å². The summed E-state index contributed by atoms with van der Waals surface area (Å²) in [6.45, 7) is 5.01. The Kier molecular flexibility index (Phi) is 10.7. The molecule has 0 aliphatic carbocycles. The van der Waals surface area contributed by atoms with Gasteiger partial charge in [0.15, 0.2) is 0 Å². The number of amides is 2. The van der Waals surface area contributed by atoms with Crippen molar-refractivity contribution in [2.75, 3.05) is 10.8 Å². The highest BCUT2D eigenvalue weighted by molar-refractivity contribution is 7.92. The number of carbonyl (C=O) groups excluding carboxylic acids is 2. The number of halogens is 2. The number of sulfonamides is 1. The average molecular weight is 653 g/mol. The van der Waals surface area contributed by atoms with Gasteiger partial charge in [0.1, 0.15) is 12.6 Å². The van der Waals surface area contributed by atoms with Gasteiger partial charge in [0.2, 0.25) is 11.8 Å². The molecule has 4 rings (SSSR count). The molecule has 230 valence electrons. The minimum atomic E-state index is -4.21. The smallest absolute Gasteiger partial charge is 0.264 e. The summed E-state index contributed by atoms with van der Waals surface area (Å²) in [5.74, 6) is -0.940. The average Bonchev–Trinajstić information content (AvgIpc) is 2.98. The molecule has 44 heavy (non-hydrogen) atoms. The molecule has 4 aromatic rings. The van der Waals surface area contributed by atoms with Crippen molar-refractivity contribution >= 4 is 50.7 Å². The fourth-order valence-electron chi connectivity index (χ4n) is 4.67. The van der Waals surface area contributed by atoms with E-state index in [9.17, 15) is 18.0 Å². The zero-order valence-electron chi connectivity index (χ0n) is 24.8. The van der Waals surface area contributed by atoms with Crippen molar-refractivity contribution in [1.82, 2.24) is 10.2 Å². The molecule has 0 aliphatic heterocycles. The van der Waals surface area contributed by atoms with Crippen LogP contribution in [0.1, 0.15) is 31.9 Å². The van der Waals surface area contributed by atoms with Crippen molar-refractivity contribution in [2.45, 2.75) is 50.2 Å². The van der Waals surface area contributed by atoms with Crippen LogP contribution in [0.4, 0.5) is 5.69 Å². The molecule has 2 amide bonds. The predicted octanol–water partition coefficient (Wildman–Crippen LogP) is 6.74. The fourth-order valence-corrected chi connectivity index (χ4v) is 6.41. The van der Waals surface area contributed by atoms with E-state index in [-0.39, 0.29) is 23.8 Å². The zero-order valence-corrected chi connectivity index (χ0v) is 27.1. The van der Waals surface area contributed by atoms with Crippen molar-refractivity contribution < 1.29 is 18.0 Å². The Morgan fingerprint density at radius 1 is 0.795 bits per heavy atom. The topological polar surface area (TPSA) is 86.8 Å². The van der Waals surface area contributed by atoms with Crippen molar-refractivity contribution in [3.05, 3.63) is 130 Å². The molecule has 1 atom stereocenters. The summed E-state index contributed by atoms with van der Waals surface area (Å²) in [4.78, 5) is 29.8. The predicted molar refractivity (Wildman–Crippen MR) is 176 cm³/mol. The lowest BCUT2D eigenvalue weighted by molar-refractivity contribution is -0.140. The van der Waals surface area contributed by atoms with Crippen molar-refractivity contribution in [2.24, 2.45) is 0 Å². The third-order valence-corrected chi connectivity index (χ3v) is 9.20. The quantitative estimate of drug-likeness (QED) is 0.194. The van der Waals surface area contributed by atoms with Crippen LogP contribution in [0, 0.1) is 0 Å². The SMILES string of the molecule is CC(C)(C)NC(=O)[C@H](Cc1ccccc1)N(Cc1ccccc1Cl)C(=O)CN(c1ccccc1)S(=O)(=O)c1ccc(Cl)cc1. The lowest BCUT2D eigenvalue weighted by Crippen LogP contribution is -2.56. The Hall–Kier alpha value is -3.85. The van der Waals surface area contributed by atoms with Gasteiger partial charge in [0.05, 0.1) is 10.6 Å². The Morgan fingerprint density at radius 2 is 1.36 bits per heavy atom. The van der Waals surface area contributed by atoms with Gasteiger partial charge in [-0.25, -0.2) is 8.42 Å². The van der Waals surface area contributed by atoms with Crippen LogP contribution in [0.15, 0.2) is 114 Å². The van der Waals surface area contributed by atoms with E-state index < -0.39 is 34.1 Å². The van der Waals surface area contributed by atoms with Crippen LogP contribution in [-0.4, -0.2) is 43.3 Å². The third-order valence-electron chi connectivity index (χ3n) is 6.79. The second-order valence-electron chi connectivity index (χ2n) is 11.4. The maximum absolute atomic E-state index is 14.5. The molecule has 4 aromatic carbocycles. The molecule has 0 saturated heterocycles. The standard InChI is InChI=1S/C34H35Cl2N3O4S/c1-34(2,3)37-33(41)31(22-25-12-6-4-7-13-25)38(23-26-14-10-11-17-30(26)36)32(40)24-39(28-15-8-5-9-16-28)44(42,43)29-20-18-27(35)19-21-29/h4-21,31H,22-24H2,1-3H3,(H,37,41)/t31-/m0/s1. The number of nitrogens with zero attached hydrogens (tertiary/aromatic N) is 2. The minimum Gasteiger partial charge on any atom is -0.350 e. The van der Waals surface area contributed by atoms with Gasteiger partial charge in [-0.05, 0) is 74.4 Å². The molecule has 7 nitrogen and oxygen atoms in total. The highest BCUT2D eigenvalue weighted by atomic mass is 35.5. The molecule has 0 spiro atoms. The summed E-state index contributed by atoms with van der Waals surface area (Å²) in [7, 11) is -4.21. The zero-order chi connectivity index (χ0) is 31.9. The molecule has 0 heterocycles. The normalized spacial score (nSPS) is 12.3. The maximum atomic E-state index is 14.5. The van der Waals surface area contributed by atoms with Crippen LogP contribution in [0.5, 0.6) is 0 Å². The van der Waals surface area contributed by atoms with Gasteiger partial charge in [-0.15, -0.1) is 0 Å². The molecule has 0 aliphatic rings. The summed E-state index contributed by atoms with van der Waals surface area (Å²) in [5, 5.41) is 3.82. The molecule has 0 bridgehead atoms. The fraction of sp³-hybridized carbons (Fsp3) is 0.235. The van der Waals surface area contributed by atoms with E-state index in [4.69, 9.17) is 23.2 Å². The Morgan fingerprint density at radius 3 is 1.95 bits per heavy atom. The summed E-state index contributed by atoms with van der Waals surface area (Å²) in [5.41, 5.74) is 1.18. The van der Waals surface area contributed by atoms with Gasteiger partial charge in [-0.2, -0.15) is 0 Å². The Bertz CT molecular complexity index is 1680. The second-order valence-corrected chi connectivity index (χ2v) is 14.1. The van der Waals surface area contributed by atoms with E-state index in [1.165, 1.54) is 29.2 Å². The van der Waals surface area contributed by atoms with Crippen molar-refractivity contribution in [1.29, 1.82) is 0 Å². The van der Waals surface area contributed by atoms with Crippen LogP contribution in [0.3, 0.4) is 0 Å². The highest BCUT2D eigenvalue weighted by Gasteiger charge is 2.35. The number of para-hydroxylation sites is 1. The first kappa shape index (κ1) is 33.1. The Labute approximate surface area is 269 Å². The van der Waals surface area contributed by atoms with E-state index in [1.54, 1.807) is 54.6 Å². The number of rotatable bonds is 11. The van der Waals surface area contributed by atoms with E-state index >= 15 is 0 Å². The first-order valence-electron chi connectivity index (χ1n) is 14.1. The van der Waals surface area contributed by atoms with Gasteiger partial charge in [0, 0.05) is 28.5 Å². The van der Waals surface area contributed by atoms with Gasteiger partial charge >= 0.3 is 0 Å². The lowest BCUT2D eigenvalue weighted by atomic mass is 10.0. The molecular formula is C34H35Cl2N3O4S. The van der Waals surface area contributed by atoms with Crippen molar-refractivity contribution in [3.8, 4) is 0 Å². The number of hydrogen-bond acceptors (Lipinski definition) is 4. The summed E-state index contributed by atoms with van der Waals surface area (Å²) < 4.78 is 29.1. The minimum absolute atomic E-state index is 0.0167. The molecular weight excluding hydrogens is 617 g/mol. The van der Waals surface area contributed by atoms with E-state index in [1.807, 2.05) is 51.1 Å². The number of anilines is 1. The van der Waals surface area contributed by atoms with Crippen LogP contribution in [-0.2, 0) is 32.6 Å². The van der Waals surface area contributed by atoms with E-state index in [0.717, 1.165) is 9.87 Å². The molecule has 0 aromatic heterocycles. The molecule has 10 heteroatoms. The summed E-state index contributed by atoms with van der Waals surface area (Å²) >= 11 is 12.6. The van der Waals surface area contributed by atoms with Gasteiger partial charge in [-0.1, -0.05) is 89.9 Å². The highest BCUT2D eigenvalue weighted by Crippen LogP contribution is 2.27. The first-order valence-corrected chi connectivity index (χ1v) is 16.3. The van der Waals surface area contributed by atoms with E-state index in [2.05, 4.69) is 5.32 Å². The molecule has 0 unspecified atom stereocenters. The number of nitrogens with one attached hydrogen (secondary N) is 1. The lowest BCUT2D eigenvalue weighted by Gasteiger charge is -2.35. The molecule has 1 N–H and O–H groups in total. The third kappa shape index (κ3) is 8.62. The molecule has 0 fully saturated rings. The monoisotopic (exact) mass is 651 g/mol.